The highest BCUT2D eigenvalue weighted by Gasteiger charge is 2.69. The zero-order chi connectivity index (χ0) is 48.7. The Labute approximate surface area is 386 Å². The lowest BCUT2D eigenvalue weighted by Gasteiger charge is -2.64. The van der Waals surface area contributed by atoms with Crippen LogP contribution in [-0.2, 0) is 42.7 Å². The molecule has 14 N–H and O–H groups in total. The van der Waals surface area contributed by atoms with Crippen molar-refractivity contribution in [1.82, 2.24) is 0 Å². The van der Waals surface area contributed by atoms with Gasteiger partial charge < -0.3 is 109 Å². The molecule has 4 aliphatic heterocycles. The summed E-state index contributed by atoms with van der Waals surface area (Å²) in [5, 5.41) is 147. The molecule has 67 heavy (non-hydrogen) atoms. The minimum Gasteiger partial charge on any atom is -0.432 e. The first-order valence-electron chi connectivity index (χ1n) is 23.4. The van der Waals surface area contributed by atoms with Crippen LogP contribution in [0.4, 0.5) is 0 Å². The largest absolute Gasteiger partial charge is 0.432 e. The predicted octanol–water partition coefficient (Wildman–Crippen LogP) is -5.11. The van der Waals surface area contributed by atoms with Crippen molar-refractivity contribution in [3.63, 3.8) is 0 Å². The van der Waals surface area contributed by atoms with Crippen molar-refractivity contribution in [3.8, 4) is 0 Å². The van der Waals surface area contributed by atoms with Gasteiger partial charge in [0.05, 0.1) is 37.4 Å². The van der Waals surface area contributed by atoms with E-state index in [1.807, 2.05) is 6.92 Å². The molecule has 23 heteroatoms. The number of aliphatic hydroxyl groups excluding tert-OH is 14. The van der Waals surface area contributed by atoms with Crippen LogP contribution in [0.1, 0.15) is 71.6 Å². The van der Waals surface area contributed by atoms with Crippen LogP contribution in [-0.4, -0.2) is 232 Å². The highest BCUT2D eigenvalue weighted by Crippen LogP contribution is 2.73. The Kier molecular flexibility index (Phi) is 15.0. The van der Waals surface area contributed by atoms with Crippen molar-refractivity contribution in [2.24, 2.45) is 28.1 Å². The molecule has 4 heterocycles. The number of esters is 1. The Morgan fingerprint density at radius 2 is 1.01 bits per heavy atom. The number of fused-ring (bicyclic) bond motifs is 3. The fourth-order valence-corrected chi connectivity index (χ4v) is 13.5. The molecule has 0 amide bonds. The van der Waals surface area contributed by atoms with Gasteiger partial charge in [-0.3, -0.25) is 4.79 Å². The standard InChI is InChI=1S/C44H70O23/c1-17-11-43-9-5-22-41(2,7-4-8-42(22,3)40(59)66-38-34(30(55)26(51)20(14-47)62-38)64-36-32(57)28(53)24(49)18(12-45)60-36)23(43)6-10-44(17,16-43)67-39-35(31(56)27(52)21(15-48)63-39)65-37-33(58)29(54)25(50)19(13-46)61-37/h18-39,45-58H,1,4-16H2,2-3H3/t18?,19?,20?,21?,22?,23-,24?,25?,26?,27?,28?,29?,30?,31?,32?,33?,34?,35?,36?,37?,38?,39?,41+,42+,43+,44?/m0/s1. The summed E-state index contributed by atoms with van der Waals surface area (Å²) < 4.78 is 47.6. The van der Waals surface area contributed by atoms with Crippen molar-refractivity contribution >= 4 is 5.97 Å². The zero-order valence-electron chi connectivity index (χ0n) is 37.5. The second-order valence-corrected chi connectivity index (χ2v) is 20.8. The predicted molar refractivity (Wildman–Crippen MR) is 219 cm³/mol. The van der Waals surface area contributed by atoms with E-state index in [4.69, 9.17) is 37.9 Å². The average molecular weight is 967 g/mol. The lowest BCUT2D eigenvalue weighted by atomic mass is 9.41. The Morgan fingerprint density at radius 1 is 0.567 bits per heavy atom. The summed E-state index contributed by atoms with van der Waals surface area (Å²) >= 11 is 0. The van der Waals surface area contributed by atoms with Gasteiger partial charge in [-0.2, -0.15) is 0 Å². The van der Waals surface area contributed by atoms with Crippen LogP contribution in [0.2, 0.25) is 0 Å². The third-order valence-corrected chi connectivity index (χ3v) is 17.1. The van der Waals surface area contributed by atoms with Gasteiger partial charge in [0.1, 0.15) is 91.6 Å². The van der Waals surface area contributed by atoms with Gasteiger partial charge in [0.15, 0.2) is 25.0 Å². The highest BCUT2D eigenvalue weighted by atomic mass is 16.8. The van der Waals surface area contributed by atoms with E-state index in [0.717, 1.165) is 12.0 Å². The van der Waals surface area contributed by atoms with E-state index in [1.54, 1.807) is 0 Å². The normalized spacial score (nSPS) is 54.5. The second-order valence-electron chi connectivity index (χ2n) is 20.8. The molecule has 0 aromatic heterocycles. The maximum Gasteiger partial charge on any atom is 0.314 e. The van der Waals surface area contributed by atoms with E-state index in [2.05, 4.69) is 13.5 Å². The van der Waals surface area contributed by atoms with Crippen LogP contribution in [0, 0.1) is 28.1 Å². The van der Waals surface area contributed by atoms with Gasteiger partial charge in [-0.15, -0.1) is 0 Å². The van der Waals surface area contributed by atoms with Crippen LogP contribution in [0.3, 0.4) is 0 Å². The third kappa shape index (κ3) is 8.63. The van der Waals surface area contributed by atoms with E-state index in [-0.39, 0.29) is 17.3 Å². The van der Waals surface area contributed by atoms with Gasteiger partial charge >= 0.3 is 5.97 Å². The quantitative estimate of drug-likeness (QED) is 0.0494. The second kappa shape index (κ2) is 19.4. The Morgan fingerprint density at radius 3 is 1.52 bits per heavy atom. The van der Waals surface area contributed by atoms with Crippen LogP contribution in [0.15, 0.2) is 12.2 Å². The molecule has 8 fully saturated rings. The number of hydrogen-bond acceptors (Lipinski definition) is 23. The van der Waals surface area contributed by atoms with E-state index < -0.39 is 172 Å². The summed E-state index contributed by atoms with van der Waals surface area (Å²) in [5.74, 6) is -0.927. The molecule has 22 unspecified atom stereocenters. The van der Waals surface area contributed by atoms with Gasteiger partial charge in [-0.25, -0.2) is 0 Å². The van der Waals surface area contributed by atoms with Crippen molar-refractivity contribution in [2.75, 3.05) is 26.4 Å². The molecule has 1 spiro atoms. The number of aliphatic hydroxyl groups is 14. The SMILES string of the molecule is C=C1C[C@@]23CCC4[C@](C)(C(=O)OC5OC(CO)C(O)C(O)C5OC5OC(CO)C(O)C(O)C5O)CCC[C@@]4(C)[C@@H]2CCC1(OC1OC(CO)C(O)C(O)C1OC1OC(CO)C(O)C(O)C1O)C3. The first-order chi connectivity index (χ1) is 31.6. The molecule has 0 aromatic rings. The molecule has 8 aliphatic rings. The van der Waals surface area contributed by atoms with E-state index in [9.17, 15) is 76.3 Å². The van der Waals surface area contributed by atoms with Gasteiger partial charge in [0, 0.05) is 0 Å². The van der Waals surface area contributed by atoms with Crippen molar-refractivity contribution in [1.29, 1.82) is 0 Å². The van der Waals surface area contributed by atoms with Gasteiger partial charge in [0.2, 0.25) is 6.29 Å². The molecule has 26 atom stereocenters. The zero-order valence-corrected chi connectivity index (χ0v) is 37.5. The summed E-state index contributed by atoms with van der Waals surface area (Å²) in [4.78, 5) is 14.7. The van der Waals surface area contributed by atoms with Crippen LogP contribution in [0.25, 0.3) is 0 Å². The smallest absolute Gasteiger partial charge is 0.314 e. The molecule has 4 saturated heterocycles. The molecule has 8 rings (SSSR count). The van der Waals surface area contributed by atoms with Crippen molar-refractivity contribution in [2.45, 2.75) is 200 Å². The topological polar surface area (TPSA) is 374 Å². The number of carbonyl (C=O) groups is 1. The molecule has 23 nitrogen and oxygen atoms in total. The van der Waals surface area contributed by atoms with Crippen LogP contribution < -0.4 is 0 Å². The number of ether oxygens (including phenoxy) is 8. The fraction of sp³-hybridized carbons (Fsp3) is 0.932. The minimum absolute atomic E-state index is 0.0251. The average Bonchev–Trinajstić information content (AvgIpc) is 3.50. The summed E-state index contributed by atoms with van der Waals surface area (Å²) in [6.45, 7) is 5.47. The summed E-state index contributed by atoms with van der Waals surface area (Å²) in [6.07, 6.45) is -28.3. The Bertz CT molecular complexity index is 1760. The van der Waals surface area contributed by atoms with Crippen molar-refractivity contribution < 1.29 is 114 Å². The number of carbonyl (C=O) groups excluding carboxylic acids is 1. The monoisotopic (exact) mass is 966 g/mol. The summed E-state index contributed by atoms with van der Waals surface area (Å²) in [6, 6.07) is 0. The molecule has 4 aliphatic carbocycles. The first-order valence-corrected chi connectivity index (χ1v) is 23.4. The van der Waals surface area contributed by atoms with Crippen LogP contribution >= 0.6 is 0 Å². The Hall–Kier alpha value is -1.63. The van der Waals surface area contributed by atoms with Gasteiger partial charge in [0.25, 0.3) is 0 Å². The Balaban J connectivity index is 1.01. The van der Waals surface area contributed by atoms with E-state index >= 15 is 0 Å². The van der Waals surface area contributed by atoms with Gasteiger partial charge in [-0.05, 0) is 86.5 Å². The summed E-state index contributed by atoms with van der Waals surface area (Å²) in [5.41, 5.74) is -2.29. The fourth-order valence-electron chi connectivity index (χ4n) is 13.5. The van der Waals surface area contributed by atoms with Gasteiger partial charge in [-0.1, -0.05) is 19.9 Å². The lowest BCUT2D eigenvalue weighted by Crippen LogP contribution is -2.66. The lowest BCUT2D eigenvalue weighted by molar-refractivity contribution is -0.378. The van der Waals surface area contributed by atoms with Crippen LogP contribution in [0.5, 0.6) is 0 Å². The molecule has 0 aromatic carbocycles. The molecule has 384 valence electrons. The highest BCUT2D eigenvalue weighted by molar-refractivity contribution is 5.77. The third-order valence-electron chi connectivity index (χ3n) is 17.1. The molecular weight excluding hydrogens is 896 g/mol. The molecule has 4 saturated carbocycles. The van der Waals surface area contributed by atoms with E-state index in [0.29, 0.717) is 51.4 Å². The maximum atomic E-state index is 14.7. The number of rotatable bonds is 12. The van der Waals surface area contributed by atoms with E-state index in [1.165, 1.54) is 0 Å². The summed E-state index contributed by atoms with van der Waals surface area (Å²) in [7, 11) is 0. The number of hydrogen-bond donors (Lipinski definition) is 14. The molecular formula is C44H70O23. The van der Waals surface area contributed by atoms with Crippen molar-refractivity contribution in [3.05, 3.63) is 12.2 Å². The molecule has 0 radical (unpaired) electrons. The molecule has 2 bridgehead atoms. The maximum absolute atomic E-state index is 14.7. The minimum atomic E-state index is -1.90. The first kappa shape index (κ1) is 51.7.